The summed E-state index contributed by atoms with van der Waals surface area (Å²) < 4.78 is 0. The number of hydrogen-bond acceptors (Lipinski definition) is 3. The predicted octanol–water partition coefficient (Wildman–Crippen LogP) is 0.993. The van der Waals surface area contributed by atoms with E-state index in [1.807, 2.05) is 30.5 Å². The molecule has 2 N–H and O–H groups in total. The van der Waals surface area contributed by atoms with Crippen molar-refractivity contribution in [2.24, 2.45) is 5.10 Å². The largest absolute Gasteiger partial charge is 0.366 e. The molecular formula is C8H9N3. The summed E-state index contributed by atoms with van der Waals surface area (Å²) in [6.45, 7) is 0.688. The van der Waals surface area contributed by atoms with Crippen molar-refractivity contribution >= 4 is 11.9 Å². The second kappa shape index (κ2) is 2.62. The molecule has 3 heteroatoms. The van der Waals surface area contributed by atoms with Gasteiger partial charge in [-0.2, -0.15) is 5.10 Å². The van der Waals surface area contributed by atoms with Crippen molar-refractivity contribution in [1.82, 2.24) is 5.43 Å². The van der Waals surface area contributed by atoms with Crippen molar-refractivity contribution in [3.63, 3.8) is 0 Å². The molecule has 0 atom stereocenters. The zero-order valence-corrected chi connectivity index (χ0v) is 6.04. The van der Waals surface area contributed by atoms with Crippen LogP contribution in [0.1, 0.15) is 5.56 Å². The van der Waals surface area contributed by atoms with Crippen LogP contribution in [0, 0.1) is 0 Å². The van der Waals surface area contributed by atoms with Gasteiger partial charge in [0, 0.05) is 11.3 Å². The van der Waals surface area contributed by atoms with Crippen LogP contribution in [0.5, 0.6) is 0 Å². The molecule has 0 aromatic heterocycles. The molecule has 0 amide bonds. The standard InChI is InChI=1S/C8H9N3/c1-2-4-8-7(3-1)5-10-11-6-9-8/h1-5,9,11H,6H2. The quantitative estimate of drug-likeness (QED) is 0.574. The molecule has 3 nitrogen and oxygen atoms in total. The summed E-state index contributed by atoms with van der Waals surface area (Å²) in [7, 11) is 0. The van der Waals surface area contributed by atoms with Gasteiger partial charge in [0.2, 0.25) is 0 Å². The summed E-state index contributed by atoms with van der Waals surface area (Å²) >= 11 is 0. The first-order valence-electron chi connectivity index (χ1n) is 3.55. The van der Waals surface area contributed by atoms with E-state index in [2.05, 4.69) is 15.8 Å². The first kappa shape index (κ1) is 6.22. The maximum absolute atomic E-state index is 3.97. The lowest BCUT2D eigenvalue weighted by molar-refractivity contribution is 0.803. The molecule has 0 aliphatic carbocycles. The smallest absolute Gasteiger partial charge is 0.101 e. The Morgan fingerprint density at radius 3 is 3.18 bits per heavy atom. The third-order valence-electron chi connectivity index (χ3n) is 1.61. The highest BCUT2D eigenvalue weighted by Gasteiger charge is 1.99. The molecule has 56 valence electrons. The average molecular weight is 147 g/mol. The number of hydrogen-bond donors (Lipinski definition) is 2. The van der Waals surface area contributed by atoms with Gasteiger partial charge in [-0.3, -0.25) is 5.43 Å². The lowest BCUT2D eigenvalue weighted by atomic mass is 10.2. The van der Waals surface area contributed by atoms with Gasteiger partial charge in [0.05, 0.1) is 6.21 Å². The Labute approximate surface area is 65.1 Å². The molecule has 0 spiro atoms. The number of nitrogens with one attached hydrogen (secondary N) is 2. The van der Waals surface area contributed by atoms with Crippen LogP contribution in [0.4, 0.5) is 5.69 Å². The Morgan fingerprint density at radius 2 is 2.18 bits per heavy atom. The highest BCUT2D eigenvalue weighted by atomic mass is 15.3. The van der Waals surface area contributed by atoms with E-state index in [0.29, 0.717) is 6.67 Å². The van der Waals surface area contributed by atoms with Crippen molar-refractivity contribution in [3.05, 3.63) is 29.8 Å². The van der Waals surface area contributed by atoms with Gasteiger partial charge < -0.3 is 5.32 Å². The monoisotopic (exact) mass is 147 g/mol. The van der Waals surface area contributed by atoms with Gasteiger partial charge in [-0.15, -0.1) is 0 Å². The Morgan fingerprint density at radius 1 is 1.27 bits per heavy atom. The van der Waals surface area contributed by atoms with Crippen LogP contribution in [-0.4, -0.2) is 12.9 Å². The molecule has 0 saturated carbocycles. The molecule has 0 bridgehead atoms. The van der Waals surface area contributed by atoms with E-state index < -0.39 is 0 Å². The maximum atomic E-state index is 3.97. The van der Waals surface area contributed by atoms with Crippen LogP contribution in [0.15, 0.2) is 29.4 Å². The lowest BCUT2D eigenvalue weighted by Crippen LogP contribution is -2.14. The molecule has 0 saturated heterocycles. The van der Waals surface area contributed by atoms with E-state index in [4.69, 9.17) is 0 Å². The van der Waals surface area contributed by atoms with Gasteiger partial charge in [0.25, 0.3) is 0 Å². The van der Waals surface area contributed by atoms with Crippen LogP contribution >= 0.6 is 0 Å². The molecule has 0 radical (unpaired) electrons. The SMILES string of the molecule is C1=NNCNc2ccccc21. The molecule has 1 aromatic carbocycles. The van der Waals surface area contributed by atoms with Crippen LogP contribution in [0.3, 0.4) is 0 Å². The lowest BCUT2D eigenvalue weighted by Gasteiger charge is -2.03. The fourth-order valence-electron chi connectivity index (χ4n) is 1.07. The molecule has 1 aliphatic heterocycles. The topological polar surface area (TPSA) is 36.4 Å². The Hall–Kier alpha value is -1.51. The number of nitrogens with zero attached hydrogens (tertiary/aromatic N) is 1. The molecule has 0 fully saturated rings. The van der Waals surface area contributed by atoms with Gasteiger partial charge >= 0.3 is 0 Å². The van der Waals surface area contributed by atoms with E-state index in [1.54, 1.807) is 0 Å². The van der Waals surface area contributed by atoms with Gasteiger partial charge in [-0.1, -0.05) is 18.2 Å². The highest BCUT2D eigenvalue weighted by molar-refractivity contribution is 5.87. The van der Waals surface area contributed by atoms with E-state index in [9.17, 15) is 0 Å². The second-order valence-corrected chi connectivity index (χ2v) is 2.36. The molecular weight excluding hydrogens is 138 g/mol. The first-order chi connectivity index (χ1) is 5.47. The normalized spacial score (nSPS) is 14.2. The minimum atomic E-state index is 0.688. The summed E-state index contributed by atoms with van der Waals surface area (Å²) in [4.78, 5) is 0. The van der Waals surface area contributed by atoms with Crippen molar-refractivity contribution in [1.29, 1.82) is 0 Å². The van der Waals surface area contributed by atoms with Crippen LogP contribution < -0.4 is 10.7 Å². The Balaban J connectivity index is 2.45. The number of fused-ring (bicyclic) bond motifs is 1. The number of hydrazone groups is 1. The van der Waals surface area contributed by atoms with Gasteiger partial charge in [0.1, 0.15) is 6.67 Å². The molecule has 1 aliphatic rings. The fourth-order valence-corrected chi connectivity index (χ4v) is 1.07. The van der Waals surface area contributed by atoms with E-state index in [1.165, 1.54) is 0 Å². The van der Waals surface area contributed by atoms with Crippen LogP contribution in [0.2, 0.25) is 0 Å². The van der Waals surface area contributed by atoms with E-state index >= 15 is 0 Å². The number of para-hydroxylation sites is 1. The van der Waals surface area contributed by atoms with E-state index in [-0.39, 0.29) is 0 Å². The molecule has 11 heavy (non-hydrogen) atoms. The van der Waals surface area contributed by atoms with Gasteiger partial charge in [0.15, 0.2) is 0 Å². The van der Waals surface area contributed by atoms with Crippen LogP contribution in [-0.2, 0) is 0 Å². The summed E-state index contributed by atoms with van der Waals surface area (Å²) in [5, 5.41) is 7.16. The maximum Gasteiger partial charge on any atom is 0.101 e. The highest BCUT2D eigenvalue weighted by Crippen LogP contribution is 2.12. The van der Waals surface area contributed by atoms with Gasteiger partial charge in [-0.25, -0.2) is 0 Å². The molecule has 1 heterocycles. The first-order valence-corrected chi connectivity index (χ1v) is 3.55. The Bertz CT molecular complexity index is 280. The molecule has 1 aromatic rings. The zero-order chi connectivity index (χ0) is 7.52. The molecule has 0 unspecified atom stereocenters. The predicted molar refractivity (Wildman–Crippen MR) is 45.7 cm³/mol. The number of rotatable bonds is 0. The fraction of sp³-hybridized carbons (Fsp3) is 0.125. The number of benzene rings is 1. The van der Waals surface area contributed by atoms with Crippen LogP contribution in [0.25, 0.3) is 0 Å². The average Bonchev–Trinajstić information content (AvgIpc) is 2.28. The number of anilines is 1. The summed E-state index contributed by atoms with van der Waals surface area (Å²) in [5.74, 6) is 0. The van der Waals surface area contributed by atoms with Crippen molar-refractivity contribution in [2.45, 2.75) is 0 Å². The molecule has 2 rings (SSSR count). The van der Waals surface area contributed by atoms with E-state index in [0.717, 1.165) is 11.3 Å². The zero-order valence-electron chi connectivity index (χ0n) is 6.04. The summed E-state index contributed by atoms with van der Waals surface area (Å²) in [6, 6.07) is 8.07. The summed E-state index contributed by atoms with van der Waals surface area (Å²) in [6.07, 6.45) is 1.81. The van der Waals surface area contributed by atoms with Crippen molar-refractivity contribution < 1.29 is 0 Å². The minimum absolute atomic E-state index is 0.688. The van der Waals surface area contributed by atoms with Gasteiger partial charge in [-0.05, 0) is 6.07 Å². The van der Waals surface area contributed by atoms with Crippen molar-refractivity contribution in [2.75, 3.05) is 12.0 Å². The second-order valence-electron chi connectivity index (χ2n) is 2.36. The Kier molecular flexibility index (Phi) is 1.48. The third kappa shape index (κ3) is 1.17. The summed E-state index contributed by atoms with van der Waals surface area (Å²) in [5.41, 5.74) is 5.10. The minimum Gasteiger partial charge on any atom is -0.366 e. The van der Waals surface area contributed by atoms with Crippen molar-refractivity contribution in [3.8, 4) is 0 Å². The third-order valence-corrected chi connectivity index (χ3v) is 1.61.